The summed E-state index contributed by atoms with van der Waals surface area (Å²) in [6, 6.07) is 17.7. The molecule has 2 atom stereocenters. The van der Waals surface area contributed by atoms with E-state index >= 15 is 0 Å². The van der Waals surface area contributed by atoms with Gasteiger partial charge in [0.15, 0.2) is 0 Å². The number of anilines is 2. The normalized spacial score (nSPS) is 18.2. The molecular weight excluding hydrogens is 300 g/mol. The van der Waals surface area contributed by atoms with E-state index < -0.39 is 0 Å². The van der Waals surface area contributed by atoms with Gasteiger partial charge in [-0.15, -0.1) is 0 Å². The molecule has 2 aromatic carbocycles. The molecule has 0 bridgehead atoms. The van der Waals surface area contributed by atoms with Crippen molar-refractivity contribution in [3.8, 4) is 0 Å². The third kappa shape index (κ3) is 3.60. The fourth-order valence-corrected chi connectivity index (χ4v) is 3.12. The molecule has 1 aliphatic rings. The van der Waals surface area contributed by atoms with Gasteiger partial charge in [-0.25, -0.2) is 0 Å². The quantitative estimate of drug-likeness (QED) is 0.911. The molecule has 4 heteroatoms. The summed E-state index contributed by atoms with van der Waals surface area (Å²) in [5, 5.41) is 3.09. The second kappa shape index (κ2) is 7.49. The maximum Gasteiger partial charge on any atom is 0.253 e. The Labute approximate surface area is 143 Å². The standard InChI is InChI=1S/C20H24N2O2/c1-15(19-13-8-14-24-19)21-20(23)17-11-6-7-12-18(17)22(2)16-9-4-3-5-10-16/h3-7,9-12,15,19H,8,13-14H2,1-2H3,(H,21,23)/t15-,19+/m0/s1. The molecule has 0 saturated carbocycles. The van der Waals surface area contributed by atoms with E-state index in [2.05, 4.69) is 5.32 Å². The van der Waals surface area contributed by atoms with Crippen LogP contribution in [0.5, 0.6) is 0 Å². The minimum Gasteiger partial charge on any atom is -0.376 e. The van der Waals surface area contributed by atoms with Crippen LogP contribution in [0.15, 0.2) is 54.6 Å². The van der Waals surface area contributed by atoms with Gasteiger partial charge in [-0.05, 0) is 44.0 Å². The molecule has 1 amide bonds. The van der Waals surface area contributed by atoms with Crippen molar-refractivity contribution in [1.29, 1.82) is 0 Å². The zero-order valence-electron chi connectivity index (χ0n) is 14.2. The molecule has 1 N–H and O–H groups in total. The van der Waals surface area contributed by atoms with Gasteiger partial charge in [0.1, 0.15) is 0 Å². The SMILES string of the molecule is C[C@H](NC(=O)c1ccccc1N(C)c1ccccc1)[C@H]1CCCO1. The second-order valence-electron chi connectivity index (χ2n) is 6.23. The summed E-state index contributed by atoms with van der Waals surface area (Å²) in [4.78, 5) is 14.8. The molecule has 2 aromatic rings. The summed E-state index contributed by atoms with van der Waals surface area (Å²) in [6.45, 7) is 2.80. The van der Waals surface area contributed by atoms with Crippen LogP contribution < -0.4 is 10.2 Å². The topological polar surface area (TPSA) is 41.6 Å². The van der Waals surface area contributed by atoms with E-state index in [1.54, 1.807) is 0 Å². The lowest BCUT2D eigenvalue weighted by Gasteiger charge is -2.24. The van der Waals surface area contributed by atoms with Crippen LogP contribution in [0, 0.1) is 0 Å². The van der Waals surface area contributed by atoms with Crippen molar-refractivity contribution >= 4 is 17.3 Å². The molecule has 126 valence electrons. The highest BCUT2D eigenvalue weighted by molar-refractivity contribution is 6.00. The highest BCUT2D eigenvalue weighted by atomic mass is 16.5. The molecule has 0 unspecified atom stereocenters. The Kier molecular flexibility index (Phi) is 5.16. The highest BCUT2D eigenvalue weighted by Gasteiger charge is 2.25. The number of amides is 1. The molecule has 0 aliphatic carbocycles. The number of rotatable bonds is 5. The van der Waals surface area contributed by atoms with Gasteiger partial charge in [0.05, 0.1) is 23.4 Å². The van der Waals surface area contributed by atoms with Gasteiger partial charge in [0.25, 0.3) is 5.91 Å². The monoisotopic (exact) mass is 324 g/mol. The number of ether oxygens (including phenoxy) is 1. The van der Waals surface area contributed by atoms with Gasteiger partial charge in [0.2, 0.25) is 0 Å². The van der Waals surface area contributed by atoms with E-state index in [-0.39, 0.29) is 18.1 Å². The first-order chi connectivity index (χ1) is 11.7. The molecular formula is C20H24N2O2. The Morgan fingerprint density at radius 2 is 1.88 bits per heavy atom. The summed E-state index contributed by atoms with van der Waals surface area (Å²) in [7, 11) is 1.98. The molecule has 1 heterocycles. The van der Waals surface area contributed by atoms with E-state index in [0.717, 1.165) is 30.8 Å². The van der Waals surface area contributed by atoms with Crippen LogP contribution in [0.2, 0.25) is 0 Å². The first-order valence-electron chi connectivity index (χ1n) is 8.47. The minimum absolute atomic E-state index is 0.00934. The Morgan fingerprint density at radius 1 is 1.17 bits per heavy atom. The number of benzene rings is 2. The largest absolute Gasteiger partial charge is 0.376 e. The lowest BCUT2D eigenvalue weighted by Crippen LogP contribution is -2.41. The van der Waals surface area contributed by atoms with E-state index in [4.69, 9.17) is 4.74 Å². The fraction of sp³-hybridized carbons (Fsp3) is 0.350. The number of nitrogens with one attached hydrogen (secondary N) is 1. The summed E-state index contributed by atoms with van der Waals surface area (Å²) in [5.74, 6) is -0.0589. The number of para-hydroxylation sites is 2. The average Bonchev–Trinajstić information content (AvgIpc) is 3.16. The summed E-state index contributed by atoms with van der Waals surface area (Å²) < 4.78 is 5.67. The zero-order valence-corrected chi connectivity index (χ0v) is 14.2. The Balaban J connectivity index is 1.79. The number of hydrogen-bond acceptors (Lipinski definition) is 3. The van der Waals surface area contributed by atoms with Crippen LogP contribution >= 0.6 is 0 Å². The van der Waals surface area contributed by atoms with Gasteiger partial charge in [0, 0.05) is 19.3 Å². The maximum atomic E-state index is 12.8. The van der Waals surface area contributed by atoms with E-state index in [1.165, 1.54) is 0 Å². The smallest absolute Gasteiger partial charge is 0.253 e. The van der Waals surface area contributed by atoms with Crippen molar-refractivity contribution in [2.24, 2.45) is 0 Å². The summed E-state index contributed by atoms with van der Waals surface area (Å²) in [5.41, 5.74) is 2.61. The third-order valence-corrected chi connectivity index (χ3v) is 4.53. The molecule has 3 rings (SSSR count). The maximum absolute atomic E-state index is 12.8. The van der Waals surface area contributed by atoms with Crippen molar-refractivity contribution in [2.75, 3.05) is 18.6 Å². The van der Waals surface area contributed by atoms with Crippen molar-refractivity contribution < 1.29 is 9.53 Å². The van der Waals surface area contributed by atoms with Crippen LogP contribution in [0.1, 0.15) is 30.1 Å². The average molecular weight is 324 g/mol. The molecule has 1 saturated heterocycles. The fourth-order valence-electron chi connectivity index (χ4n) is 3.12. The van der Waals surface area contributed by atoms with E-state index in [1.807, 2.05) is 73.5 Å². The van der Waals surface area contributed by atoms with E-state index in [0.29, 0.717) is 5.56 Å². The number of carbonyl (C=O) groups excluding carboxylic acids is 1. The number of carbonyl (C=O) groups is 1. The van der Waals surface area contributed by atoms with Crippen molar-refractivity contribution in [3.05, 3.63) is 60.2 Å². The van der Waals surface area contributed by atoms with Crippen molar-refractivity contribution in [3.63, 3.8) is 0 Å². The first kappa shape index (κ1) is 16.5. The molecule has 0 aromatic heterocycles. The van der Waals surface area contributed by atoms with Gasteiger partial charge in [-0.1, -0.05) is 30.3 Å². The Bertz CT molecular complexity index is 681. The summed E-state index contributed by atoms with van der Waals surface area (Å²) in [6.07, 6.45) is 2.19. The number of nitrogens with zero attached hydrogens (tertiary/aromatic N) is 1. The predicted molar refractivity (Wildman–Crippen MR) is 96.8 cm³/mol. The van der Waals surface area contributed by atoms with Gasteiger partial charge >= 0.3 is 0 Å². The number of hydrogen-bond donors (Lipinski definition) is 1. The molecule has 1 fully saturated rings. The second-order valence-corrected chi connectivity index (χ2v) is 6.23. The van der Waals surface area contributed by atoms with Crippen LogP contribution in [0.4, 0.5) is 11.4 Å². The third-order valence-electron chi connectivity index (χ3n) is 4.53. The molecule has 0 radical (unpaired) electrons. The van der Waals surface area contributed by atoms with Gasteiger partial charge < -0.3 is 15.0 Å². The van der Waals surface area contributed by atoms with Crippen molar-refractivity contribution in [1.82, 2.24) is 5.32 Å². The van der Waals surface area contributed by atoms with Crippen LogP contribution in [0.25, 0.3) is 0 Å². The Hall–Kier alpha value is -2.33. The van der Waals surface area contributed by atoms with Crippen LogP contribution in [-0.2, 0) is 4.74 Å². The van der Waals surface area contributed by atoms with Gasteiger partial charge in [-0.2, -0.15) is 0 Å². The predicted octanol–water partition coefficient (Wildman–Crippen LogP) is 3.75. The van der Waals surface area contributed by atoms with Gasteiger partial charge in [-0.3, -0.25) is 4.79 Å². The molecule has 4 nitrogen and oxygen atoms in total. The summed E-state index contributed by atoms with van der Waals surface area (Å²) >= 11 is 0. The first-order valence-corrected chi connectivity index (χ1v) is 8.47. The molecule has 0 spiro atoms. The Morgan fingerprint density at radius 3 is 2.58 bits per heavy atom. The zero-order chi connectivity index (χ0) is 16.9. The lowest BCUT2D eigenvalue weighted by molar-refractivity contribution is 0.0712. The molecule has 24 heavy (non-hydrogen) atoms. The van der Waals surface area contributed by atoms with E-state index in [9.17, 15) is 4.79 Å². The lowest BCUT2D eigenvalue weighted by atomic mass is 10.1. The highest BCUT2D eigenvalue weighted by Crippen LogP contribution is 2.27. The minimum atomic E-state index is -0.0589. The van der Waals surface area contributed by atoms with Crippen molar-refractivity contribution in [2.45, 2.75) is 31.9 Å². The van der Waals surface area contributed by atoms with Crippen LogP contribution in [0.3, 0.4) is 0 Å². The molecule has 1 aliphatic heterocycles. The van der Waals surface area contributed by atoms with Crippen LogP contribution in [-0.4, -0.2) is 31.7 Å².